The van der Waals surface area contributed by atoms with Crippen LogP contribution in [0.3, 0.4) is 0 Å². The van der Waals surface area contributed by atoms with Gasteiger partial charge in [-0.3, -0.25) is 0 Å². The van der Waals surface area contributed by atoms with E-state index in [1.165, 1.54) is 0 Å². The SMILES string of the molecule is CO[C@H]1OC(CO[Si](C(C)C)(C(C)C)C(C)C)[C@@H](C)[C@H](C)C1C. The monoisotopic (exact) mass is 344 g/mol. The summed E-state index contributed by atoms with van der Waals surface area (Å²) >= 11 is 0. The summed E-state index contributed by atoms with van der Waals surface area (Å²) in [7, 11) is -0.0860. The van der Waals surface area contributed by atoms with Gasteiger partial charge in [-0.25, -0.2) is 0 Å². The second-order valence-electron chi connectivity index (χ2n) is 8.48. The number of ether oxygens (including phenoxy) is 2. The third-order valence-electron chi connectivity index (χ3n) is 6.42. The molecule has 0 N–H and O–H groups in total. The first-order chi connectivity index (χ1) is 10.6. The van der Waals surface area contributed by atoms with E-state index in [-0.39, 0.29) is 12.4 Å². The second-order valence-corrected chi connectivity index (χ2v) is 13.9. The average Bonchev–Trinajstić information content (AvgIpc) is 2.46. The molecule has 0 spiro atoms. The van der Waals surface area contributed by atoms with E-state index < -0.39 is 8.32 Å². The molecule has 138 valence electrons. The first-order valence-electron chi connectivity index (χ1n) is 9.41. The summed E-state index contributed by atoms with van der Waals surface area (Å²) in [6.45, 7) is 21.5. The predicted molar refractivity (Wildman–Crippen MR) is 100 cm³/mol. The van der Waals surface area contributed by atoms with E-state index in [1.54, 1.807) is 7.11 Å². The Labute approximate surface area is 145 Å². The topological polar surface area (TPSA) is 27.7 Å². The first kappa shape index (κ1) is 21.1. The molecule has 3 nitrogen and oxygen atoms in total. The van der Waals surface area contributed by atoms with E-state index in [9.17, 15) is 0 Å². The van der Waals surface area contributed by atoms with Gasteiger partial charge < -0.3 is 13.9 Å². The Morgan fingerprint density at radius 2 is 1.30 bits per heavy atom. The quantitative estimate of drug-likeness (QED) is 0.574. The summed E-state index contributed by atoms with van der Waals surface area (Å²) in [5.74, 6) is 1.50. The molecule has 0 amide bonds. The van der Waals surface area contributed by atoms with Gasteiger partial charge in [0.25, 0.3) is 0 Å². The van der Waals surface area contributed by atoms with Crippen molar-refractivity contribution in [3.05, 3.63) is 0 Å². The highest BCUT2D eigenvalue weighted by Crippen LogP contribution is 2.43. The Morgan fingerprint density at radius 1 is 0.826 bits per heavy atom. The molecule has 23 heavy (non-hydrogen) atoms. The molecular weight excluding hydrogens is 304 g/mol. The van der Waals surface area contributed by atoms with Crippen LogP contribution in [-0.4, -0.2) is 34.4 Å². The summed E-state index contributed by atoms with van der Waals surface area (Å²) in [5, 5.41) is 0. The molecule has 0 radical (unpaired) electrons. The third-order valence-corrected chi connectivity index (χ3v) is 12.5. The van der Waals surface area contributed by atoms with Crippen LogP contribution in [0.4, 0.5) is 0 Å². The Kier molecular flexibility index (Phi) is 7.78. The third kappa shape index (κ3) is 4.20. The van der Waals surface area contributed by atoms with Gasteiger partial charge in [0, 0.05) is 13.0 Å². The largest absolute Gasteiger partial charge is 0.413 e. The molecule has 0 aromatic heterocycles. The van der Waals surface area contributed by atoms with Crippen LogP contribution in [0.15, 0.2) is 0 Å². The molecule has 2 unspecified atom stereocenters. The van der Waals surface area contributed by atoms with Crippen LogP contribution in [0.1, 0.15) is 62.3 Å². The van der Waals surface area contributed by atoms with Gasteiger partial charge in [-0.2, -0.15) is 0 Å². The molecule has 1 aliphatic heterocycles. The molecule has 0 aromatic rings. The number of hydrogen-bond donors (Lipinski definition) is 0. The minimum Gasteiger partial charge on any atom is -0.413 e. The zero-order valence-corrected chi connectivity index (χ0v) is 18.1. The van der Waals surface area contributed by atoms with Crippen molar-refractivity contribution in [2.75, 3.05) is 13.7 Å². The maximum absolute atomic E-state index is 6.76. The zero-order valence-electron chi connectivity index (χ0n) is 17.1. The lowest BCUT2D eigenvalue weighted by Gasteiger charge is -2.46. The van der Waals surface area contributed by atoms with Gasteiger partial charge in [0.1, 0.15) is 0 Å². The lowest BCUT2D eigenvalue weighted by Crippen LogP contribution is -2.52. The number of rotatable bonds is 7. The van der Waals surface area contributed by atoms with Crippen molar-refractivity contribution in [1.82, 2.24) is 0 Å². The highest BCUT2D eigenvalue weighted by Gasteiger charge is 2.47. The summed E-state index contributed by atoms with van der Waals surface area (Å²) in [4.78, 5) is 0. The molecule has 1 heterocycles. The van der Waals surface area contributed by atoms with Crippen molar-refractivity contribution in [3.63, 3.8) is 0 Å². The Morgan fingerprint density at radius 3 is 1.70 bits per heavy atom. The van der Waals surface area contributed by atoms with E-state index >= 15 is 0 Å². The van der Waals surface area contributed by atoms with Gasteiger partial charge in [0.05, 0.1) is 12.7 Å². The Bertz CT molecular complexity index is 333. The van der Waals surface area contributed by atoms with E-state index in [4.69, 9.17) is 13.9 Å². The van der Waals surface area contributed by atoms with Crippen molar-refractivity contribution in [2.24, 2.45) is 17.8 Å². The maximum atomic E-state index is 6.76. The summed E-state index contributed by atoms with van der Waals surface area (Å²) < 4.78 is 18.6. The summed E-state index contributed by atoms with van der Waals surface area (Å²) in [6.07, 6.45) is 0.0253. The minimum absolute atomic E-state index is 0.108. The number of hydrogen-bond acceptors (Lipinski definition) is 3. The van der Waals surface area contributed by atoms with Crippen LogP contribution in [0.5, 0.6) is 0 Å². The molecule has 4 heteroatoms. The molecule has 0 bridgehead atoms. The molecular formula is C19H40O3Si. The first-order valence-corrected chi connectivity index (χ1v) is 11.6. The second kappa shape index (κ2) is 8.46. The van der Waals surface area contributed by atoms with E-state index in [0.717, 1.165) is 0 Å². The molecule has 1 fully saturated rings. The molecule has 1 rings (SSSR count). The average molecular weight is 345 g/mol. The molecule has 5 atom stereocenters. The maximum Gasteiger partial charge on any atom is 0.200 e. The predicted octanol–water partition coefficient (Wildman–Crippen LogP) is 5.46. The van der Waals surface area contributed by atoms with Gasteiger partial charge >= 0.3 is 0 Å². The number of methoxy groups -OCH3 is 1. The lowest BCUT2D eigenvalue weighted by molar-refractivity contribution is -0.243. The molecule has 0 aromatic carbocycles. The smallest absolute Gasteiger partial charge is 0.200 e. The van der Waals surface area contributed by atoms with Crippen LogP contribution in [0.25, 0.3) is 0 Å². The van der Waals surface area contributed by atoms with Crippen LogP contribution >= 0.6 is 0 Å². The van der Waals surface area contributed by atoms with Crippen molar-refractivity contribution in [3.8, 4) is 0 Å². The fourth-order valence-electron chi connectivity index (χ4n) is 4.67. The molecule has 1 aliphatic rings. The van der Waals surface area contributed by atoms with Crippen LogP contribution < -0.4 is 0 Å². The van der Waals surface area contributed by atoms with E-state index in [1.807, 2.05) is 0 Å². The minimum atomic E-state index is -1.83. The van der Waals surface area contributed by atoms with Crippen molar-refractivity contribution in [1.29, 1.82) is 0 Å². The molecule has 0 saturated carbocycles. The standard InChI is InChI=1S/C19H40O3Si/c1-12(2)23(13(3)4,14(5)6)21-11-18-16(8)15(7)17(9)19(20-10)22-18/h12-19H,11H2,1-10H3/t15-,16-,17?,18?,19-/m0/s1. The Hall–Kier alpha value is 0.0969. The van der Waals surface area contributed by atoms with Gasteiger partial charge in [-0.1, -0.05) is 62.3 Å². The van der Waals surface area contributed by atoms with Crippen LogP contribution in [0.2, 0.25) is 16.6 Å². The zero-order chi connectivity index (χ0) is 17.9. The Balaban J connectivity index is 2.88. The van der Waals surface area contributed by atoms with E-state index in [2.05, 4.69) is 62.3 Å². The highest BCUT2D eigenvalue weighted by atomic mass is 28.4. The van der Waals surface area contributed by atoms with Crippen molar-refractivity contribution < 1.29 is 13.9 Å². The molecule has 1 saturated heterocycles. The van der Waals surface area contributed by atoms with Gasteiger partial charge in [0.2, 0.25) is 0 Å². The molecule has 0 aliphatic carbocycles. The lowest BCUT2D eigenvalue weighted by atomic mass is 9.79. The summed E-state index contributed by atoms with van der Waals surface area (Å²) in [6, 6.07) is 0. The van der Waals surface area contributed by atoms with Crippen molar-refractivity contribution >= 4 is 8.32 Å². The van der Waals surface area contributed by atoms with E-state index in [0.29, 0.717) is 41.0 Å². The van der Waals surface area contributed by atoms with Gasteiger partial charge in [-0.05, 0) is 28.5 Å². The normalized spacial score (nSPS) is 33.0. The fourth-order valence-corrected chi connectivity index (χ4v) is 10.1. The van der Waals surface area contributed by atoms with Crippen molar-refractivity contribution in [2.45, 2.75) is 91.3 Å². The van der Waals surface area contributed by atoms with Crippen LogP contribution in [0, 0.1) is 17.8 Å². The van der Waals surface area contributed by atoms with Gasteiger partial charge in [-0.15, -0.1) is 0 Å². The van der Waals surface area contributed by atoms with Gasteiger partial charge in [0.15, 0.2) is 14.6 Å². The fraction of sp³-hybridized carbons (Fsp3) is 1.00. The summed E-state index contributed by atoms with van der Waals surface area (Å²) in [5.41, 5.74) is 1.82. The van der Waals surface area contributed by atoms with Crippen LogP contribution in [-0.2, 0) is 13.9 Å². The highest BCUT2D eigenvalue weighted by molar-refractivity contribution is 6.77.